The Labute approximate surface area is 106 Å². The molecule has 0 radical (unpaired) electrons. The third kappa shape index (κ3) is 4.73. The molecule has 5 nitrogen and oxygen atoms in total. The monoisotopic (exact) mass is 253 g/mol. The Morgan fingerprint density at radius 3 is 2.61 bits per heavy atom. The molecule has 0 aliphatic heterocycles. The number of ether oxygens (including phenoxy) is 1. The molecule has 0 saturated carbocycles. The van der Waals surface area contributed by atoms with Crippen LogP contribution in [0.1, 0.15) is 19.4 Å². The van der Waals surface area contributed by atoms with E-state index in [9.17, 15) is 15.0 Å². The van der Waals surface area contributed by atoms with Crippen LogP contribution in [-0.2, 0) is 11.3 Å². The van der Waals surface area contributed by atoms with E-state index in [2.05, 4.69) is 5.32 Å². The summed E-state index contributed by atoms with van der Waals surface area (Å²) in [6, 6.07) is 9.28. The SMILES string of the molecule is C[C@@H](O)[C@](C)(O)CNC(=O)OCc1ccccc1. The lowest BCUT2D eigenvalue weighted by Gasteiger charge is -2.26. The highest BCUT2D eigenvalue weighted by Gasteiger charge is 2.27. The summed E-state index contributed by atoms with van der Waals surface area (Å²) in [5, 5.41) is 21.4. The first kappa shape index (κ1) is 14.5. The molecule has 3 N–H and O–H groups in total. The first-order valence-electron chi connectivity index (χ1n) is 5.77. The molecule has 0 fully saturated rings. The number of benzene rings is 1. The van der Waals surface area contributed by atoms with Crippen LogP contribution in [0.25, 0.3) is 0 Å². The van der Waals surface area contributed by atoms with Crippen LogP contribution in [0.4, 0.5) is 4.79 Å². The summed E-state index contributed by atoms with van der Waals surface area (Å²) < 4.78 is 4.96. The number of hydrogen-bond acceptors (Lipinski definition) is 4. The van der Waals surface area contributed by atoms with Gasteiger partial charge in [0.15, 0.2) is 0 Å². The lowest BCUT2D eigenvalue weighted by atomic mass is 10.0. The van der Waals surface area contributed by atoms with Crippen molar-refractivity contribution in [3.8, 4) is 0 Å². The highest BCUT2D eigenvalue weighted by atomic mass is 16.5. The smallest absolute Gasteiger partial charge is 0.407 e. The summed E-state index contributed by atoms with van der Waals surface area (Å²) in [5.41, 5.74) is -0.485. The van der Waals surface area contributed by atoms with Gasteiger partial charge in [-0.1, -0.05) is 30.3 Å². The third-order valence-corrected chi connectivity index (χ3v) is 2.70. The van der Waals surface area contributed by atoms with Gasteiger partial charge in [-0.05, 0) is 19.4 Å². The summed E-state index contributed by atoms with van der Waals surface area (Å²) in [6.07, 6.45) is -1.56. The average Bonchev–Trinajstić information content (AvgIpc) is 2.35. The highest BCUT2D eigenvalue weighted by molar-refractivity contribution is 5.67. The molecule has 0 aromatic heterocycles. The molecule has 0 heterocycles. The Bertz CT molecular complexity index is 376. The van der Waals surface area contributed by atoms with Crippen LogP contribution in [0.15, 0.2) is 30.3 Å². The second-order valence-corrected chi connectivity index (χ2v) is 4.45. The molecule has 0 aliphatic rings. The Morgan fingerprint density at radius 1 is 1.44 bits per heavy atom. The van der Waals surface area contributed by atoms with E-state index in [-0.39, 0.29) is 13.2 Å². The van der Waals surface area contributed by atoms with Crippen LogP contribution < -0.4 is 5.32 Å². The zero-order valence-electron chi connectivity index (χ0n) is 10.6. The van der Waals surface area contributed by atoms with Crippen molar-refractivity contribution in [1.29, 1.82) is 0 Å². The summed E-state index contributed by atoms with van der Waals surface area (Å²) in [6.45, 7) is 2.99. The van der Waals surface area contributed by atoms with Gasteiger partial charge in [0.2, 0.25) is 0 Å². The van der Waals surface area contributed by atoms with Gasteiger partial charge in [-0.25, -0.2) is 4.79 Å². The Balaban J connectivity index is 2.31. The molecule has 18 heavy (non-hydrogen) atoms. The molecule has 0 spiro atoms. The predicted molar refractivity (Wildman–Crippen MR) is 66.9 cm³/mol. The van der Waals surface area contributed by atoms with Crippen molar-refractivity contribution in [3.05, 3.63) is 35.9 Å². The molecule has 1 amide bonds. The fraction of sp³-hybridized carbons (Fsp3) is 0.462. The minimum Gasteiger partial charge on any atom is -0.445 e. The molecule has 0 unspecified atom stereocenters. The van der Waals surface area contributed by atoms with Gasteiger partial charge in [0.25, 0.3) is 0 Å². The van der Waals surface area contributed by atoms with Crippen molar-refractivity contribution in [1.82, 2.24) is 5.32 Å². The minimum atomic E-state index is -1.37. The fourth-order valence-corrected chi connectivity index (χ4v) is 1.17. The molecule has 5 heteroatoms. The number of rotatable bonds is 5. The van der Waals surface area contributed by atoms with Gasteiger partial charge in [0.05, 0.1) is 12.6 Å². The van der Waals surface area contributed by atoms with E-state index >= 15 is 0 Å². The number of hydrogen-bond donors (Lipinski definition) is 3. The maximum absolute atomic E-state index is 11.4. The van der Waals surface area contributed by atoms with Gasteiger partial charge in [-0.15, -0.1) is 0 Å². The van der Waals surface area contributed by atoms with Gasteiger partial charge < -0.3 is 20.3 Å². The van der Waals surface area contributed by atoms with Crippen LogP contribution in [0.3, 0.4) is 0 Å². The first-order chi connectivity index (χ1) is 8.42. The van der Waals surface area contributed by atoms with Crippen molar-refractivity contribution in [2.75, 3.05) is 6.54 Å². The fourth-order valence-electron chi connectivity index (χ4n) is 1.17. The molecule has 1 rings (SSSR count). The van der Waals surface area contributed by atoms with E-state index in [1.807, 2.05) is 30.3 Å². The molecule has 2 atom stereocenters. The van der Waals surface area contributed by atoms with E-state index in [4.69, 9.17) is 4.74 Å². The van der Waals surface area contributed by atoms with Crippen LogP contribution in [-0.4, -0.2) is 34.6 Å². The quantitative estimate of drug-likeness (QED) is 0.732. The van der Waals surface area contributed by atoms with Crippen molar-refractivity contribution in [2.24, 2.45) is 0 Å². The van der Waals surface area contributed by atoms with Crippen molar-refractivity contribution in [2.45, 2.75) is 32.2 Å². The summed E-state index contributed by atoms with van der Waals surface area (Å²) in [5.74, 6) is 0. The van der Waals surface area contributed by atoms with Gasteiger partial charge in [0, 0.05) is 0 Å². The Hall–Kier alpha value is -1.59. The van der Waals surface area contributed by atoms with Crippen LogP contribution in [0.5, 0.6) is 0 Å². The first-order valence-corrected chi connectivity index (χ1v) is 5.77. The molecule has 1 aromatic rings. The number of carbonyl (C=O) groups is 1. The number of alkyl carbamates (subject to hydrolysis) is 1. The molecule has 100 valence electrons. The lowest BCUT2D eigenvalue weighted by Crippen LogP contribution is -2.47. The van der Waals surface area contributed by atoms with Gasteiger partial charge in [0.1, 0.15) is 12.2 Å². The van der Waals surface area contributed by atoms with E-state index < -0.39 is 17.8 Å². The summed E-state index contributed by atoms with van der Waals surface area (Å²) in [4.78, 5) is 11.4. The maximum Gasteiger partial charge on any atom is 0.407 e. The third-order valence-electron chi connectivity index (χ3n) is 2.70. The number of nitrogens with one attached hydrogen (secondary N) is 1. The molecule has 0 bridgehead atoms. The van der Waals surface area contributed by atoms with E-state index in [1.165, 1.54) is 13.8 Å². The minimum absolute atomic E-state index is 0.0711. The second-order valence-electron chi connectivity index (χ2n) is 4.45. The molecular weight excluding hydrogens is 234 g/mol. The zero-order valence-corrected chi connectivity index (χ0v) is 10.6. The van der Waals surface area contributed by atoms with Crippen molar-refractivity contribution in [3.63, 3.8) is 0 Å². The Kier molecular flexibility index (Phi) is 5.12. The molecule has 0 aliphatic carbocycles. The molecule has 1 aromatic carbocycles. The maximum atomic E-state index is 11.4. The molecular formula is C13H19NO4. The van der Waals surface area contributed by atoms with Gasteiger partial charge in [-0.2, -0.15) is 0 Å². The van der Waals surface area contributed by atoms with Gasteiger partial charge >= 0.3 is 6.09 Å². The lowest BCUT2D eigenvalue weighted by molar-refractivity contribution is -0.0497. The average molecular weight is 253 g/mol. The number of amides is 1. The van der Waals surface area contributed by atoms with Gasteiger partial charge in [-0.3, -0.25) is 0 Å². The van der Waals surface area contributed by atoms with Crippen molar-refractivity contribution >= 4 is 6.09 Å². The van der Waals surface area contributed by atoms with Crippen LogP contribution in [0, 0.1) is 0 Å². The van der Waals surface area contributed by atoms with E-state index in [0.717, 1.165) is 5.56 Å². The highest BCUT2D eigenvalue weighted by Crippen LogP contribution is 2.07. The topological polar surface area (TPSA) is 78.8 Å². The normalized spacial score (nSPS) is 15.6. The van der Waals surface area contributed by atoms with E-state index in [1.54, 1.807) is 0 Å². The van der Waals surface area contributed by atoms with Crippen molar-refractivity contribution < 1.29 is 19.7 Å². The summed E-state index contributed by atoms with van der Waals surface area (Å²) in [7, 11) is 0. The Morgan fingerprint density at radius 2 is 2.06 bits per heavy atom. The molecule has 0 saturated heterocycles. The number of aliphatic hydroxyl groups is 2. The van der Waals surface area contributed by atoms with E-state index in [0.29, 0.717) is 0 Å². The number of aliphatic hydroxyl groups excluding tert-OH is 1. The predicted octanol–water partition coefficient (Wildman–Crippen LogP) is 1.04. The van der Waals surface area contributed by atoms with Crippen LogP contribution in [0.2, 0.25) is 0 Å². The van der Waals surface area contributed by atoms with Crippen LogP contribution >= 0.6 is 0 Å². The second kappa shape index (κ2) is 6.37. The number of carbonyl (C=O) groups excluding carboxylic acids is 1. The largest absolute Gasteiger partial charge is 0.445 e. The summed E-state index contributed by atoms with van der Waals surface area (Å²) >= 11 is 0. The standard InChI is InChI=1S/C13H19NO4/c1-10(15)13(2,17)9-14-12(16)18-8-11-6-4-3-5-7-11/h3-7,10,15,17H,8-9H2,1-2H3,(H,14,16)/t10-,13-/m1/s1. The zero-order chi connectivity index (χ0) is 13.6.